The summed E-state index contributed by atoms with van der Waals surface area (Å²) in [5.41, 5.74) is 0.670. The summed E-state index contributed by atoms with van der Waals surface area (Å²) in [6.07, 6.45) is 3.79. The fourth-order valence-electron chi connectivity index (χ4n) is 1.94. The molecule has 18 heavy (non-hydrogen) atoms. The number of amides is 1. The van der Waals surface area contributed by atoms with Crippen molar-refractivity contribution in [1.29, 1.82) is 0 Å². The SMILES string of the molecule is O=C(NCC1CCCCS1)c1cc(Cl)ccc1I. The largest absolute Gasteiger partial charge is 0.351 e. The van der Waals surface area contributed by atoms with Gasteiger partial charge in [-0.3, -0.25) is 4.79 Å². The lowest BCUT2D eigenvalue weighted by Gasteiger charge is -2.21. The molecule has 98 valence electrons. The molecule has 5 heteroatoms. The van der Waals surface area contributed by atoms with Gasteiger partial charge >= 0.3 is 0 Å². The van der Waals surface area contributed by atoms with Crippen molar-refractivity contribution >= 4 is 51.9 Å². The molecule has 1 aliphatic rings. The van der Waals surface area contributed by atoms with Crippen LogP contribution in [0.1, 0.15) is 29.6 Å². The number of carbonyl (C=O) groups is 1. The summed E-state index contributed by atoms with van der Waals surface area (Å²) >= 11 is 10.0. The fraction of sp³-hybridized carbons (Fsp3) is 0.462. The molecule has 2 nitrogen and oxygen atoms in total. The van der Waals surface area contributed by atoms with E-state index in [2.05, 4.69) is 27.9 Å². The highest BCUT2D eigenvalue weighted by molar-refractivity contribution is 14.1. The van der Waals surface area contributed by atoms with E-state index in [4.69, 9.17) is 11.6 Å². The molecular formula is C13H15ClINOS. The summed E-state index contributed by atoms with van der Waals surface area (Å²) in [7, 11) is 0. The molecule has 1 saturated heterocycles. The summed E-state index contributed by atoms with van der Waals surface area (Å²) in [4.78, 5) is 12.1. The van der Waals surface area contributed by atoms with Gasteiger partial charge < -0.3 is 5.32 Å². The molecule has 1 unspecified atom stereocenters. The number of halogens is 2. The van der Waals surface area contributed by atoms with E-state index in [-0.39, 0.29) is 5.91 Å². The lowest BCUT2D eigenvalue weighted by Crippen LogP contribution is -2.32. The Hall–Kier alpha value is 0.0600. The van der Waals surface area contributed by atoms with Crippen molar-refractivity contribution in [3.8, 4) is 0 Å². The van der Waals surface area contributed by atoms with Crippen LogP contribution in [0.3, 0.4) is 0 Å². The van der Waals surface area contributed by atoms with Crippen LogP contribution in [-0.2, 0) is 0 Å². The summed E-state index contributed by atoms with van der Waals surface area (Å²) < 4.78 is 0.936. The maximum atomic E-state index is 12.1. The van der Waals surface area contributed by atoms with E-state index in [0.29, 0.717) is 15.8 Å². The maximum Gasteiger partial charge on any atom is 0.252 e. The van der Waals surface area contributed by atoms with Gasteiger partial charge in [-0.2, -0.15) is 11.8 Å². The molecular weight excluding hydrogens is 381 g/mol. The Labute approximate surface area is 130 Å². The Kier molecular flexibility index (Phi) is 5.63. The second kappa shape index (κ2) is 7.01. The standard InChI is InChI=1S/C13H15ClINOS/c14-9-4-5-12(15)11(7-9)13(17)16-8-10-3-1-2-6-18-10/h4-5,7,10H,1-3,6,8H2,(H,16,17). The minimum atomic E-state index is -0.0203. The monoisotopic (exact) mass is 395 g/mol. The molecule has 1 N–H and O–H groups in total. The summed E-state index contributed by atoms with van der Waals surface area (Å²) in [5.74, 6) is 1.20. The maximum absolute atomic E-state index is 12.1. The Morgan fingerprint density at radius 3 is 3.06 bits per heavy atom. The zero-order valence-electron chi connectivity index (χ0n) is 9.92. The zero-order valence-corrected chi connectivity index (χ0v) is 13.6. The van der Waals surface area contributed by atoms with Gasteiger partial charge in [-0.15, -0.1) is 0 Å². The van der Waals surface area contributed by atoms with Crippen LogP contribution in [0.4, 0.5) is 0 Å². The molecule has 1 atom stereocenters. The van der Waals surface area contributed by atoms with E-state index in [1.54, 1.807) is 12.1 Å². The van der Waals surface area contributed by atoms with Gasteiger partial charge in [0.1, 0.15) is 0 Å². The molecule has 0 aliphatic carbocycles. The van der Waals surface area contributed by atoms with Crippen LogP contribution < -0.4 is 5.32 Å². The first-order chi connectivity index (χ1) is 8.66. The zero-order chi connectivity index (χ0) is 13.0. The topological polar surface area (TPSA) is 29.1 Å². The molecule has 0 spiro atoms. The van der Waals surface area contributed by atoms with Gasteiger partial charge in [-0.25, -0.2) is 0 Å². The van der Waals surface area contributed by atoms with Crippen molar-refractivity contribution < 1.29 is 4.79 Å². The number of carbonyl (C=O) groups excluding carboxylic acids is 1. The highest BCUT2D eigenvalue weighted by Gasteiger charge is 2.16. The first kappa shape index (κ1) is 14.5. The second-order valence-corrected chi connectivity index (χ2v) is 7.33. The number of hydrogen-bond acceptors (Lipinski definition) is 2. The minimum Gasteiger partial charge on any atom is -0.351 e. The van der Waals surface area contributed by atoms with Gasteiger partial charge in [-0.1, -0.05) is 18.0 Å². The highest BCUT2D eigenvalue weighted by atomic mass is 127. The van der Waals surface area contributed by atoms with E-state index in [9.17, 15) is 4.79 Å². The average Bonchev–Trinajstić information content (AvgIpc) is 2.40. The van der Waals surface area contributed by atoms with E-state index in [1.165, 1.54) is 25.0 Å². The second-order valence-electron chi connectivity index (χ2n) is 4.32. The summed E-state index contributed by atoms with van der Waals surface area (Å²) in [6.45, 7) is 0.756. The van der Waals surface area contributed by atoms with Crippen LogP contribution in [0.2, 0.25) is 5.02 Å². The number of nitrogens with one attached hydrogen (secondary N) is 1. The van der Waals surface area contributed by atoms with Gasteiger partial charge in [0.25, 0.3) is 5.91 Å². The number of thioether (sulfide) groups is 1. The molecule has 2 rings (SSSR count). The molecule has 0 radical (unpaired) electrons. The molecule has 1 amide bonds. The lowest BCUT2D eigenvalue weighted by molar-refractivity contribution is 0.0952. The molecule has 1 fully saturated rings. The third-order valence-electron chi connectivity index (χ3n) is 2.94. The number of hydrogen-bond donors (Lipinski definition) is 1. The third-order valence-corrected chi connectivity index (χ3v) is 5.51. The average molecular weight is 396 g/mol. The molecule has 1 heterocycles. The van der Waals surface area contributed by atoms with Crippen molar-refractivity contribution in [2.24, 2.45) is 0 Å². The summed E-state index contributed by atoms with van der Waals surface area (Å²) in [6, 6.07) is 5.40. The Morgan fingerprint density at radius 2 is 2.33 bits per heavy atom. The first-order valence-electron chi connectivity index (χ1n) is 6.01. The van der Waals surface area contributed by atoms with E-state index >= 15 is 0 Å². The van der Waals surface area contributed by atoms with Crippen LogP contribution in [0.5, 0.6) is 0 Å². The predicted octanol–water partition coefficient (Wildman–Crippen LogP) is 3.96. The van der Waals surface area contributed by atoms with E-state index < -0.39 is 0 Å². The minimum absolute atomic E-state index is 0.0203. The molecule has 0 saturated carbocycles. The highest BCUT2D eigenvalue weighted by Crippen LogP contribution is 2.24. The smallest absolute Gasteiger partial charge is 0.252 e. The number of benzene rings is 1. The predicted molar refractivity (Wildman–Crippen MR) is 86.6 cm³/mol. The van der Waals surface area contributed by atoms with Crippen molar-refractivity contribution in [3.63, 3.8) is 0 Å². The van der Waals surface area contributed by atoms with Crippen molar-refractivity contribution in [1.82, 2.24) is 5.32 Å². The van der Waals surface area contributed by atoms with E-state index in [0.717, 1.165) is 10.1 Å². The number of rotatable bonds is 3. The Morgan fingerprint density at radius 1 is 1.50 bits per heavy atom. The van der Waals surface area contributed by atoms with Crippen LogP contribution in [0.15, 0.2) is 18.2 Å². The van der Waals surface area contributed by atoms with Crippen LogP contribution in [0.25, 0.3) is 0 Å². The van der Waals surface area contributed by atoms with Gasteiger partial charge in [-0.05, 0) is 59.4 Å². The molecule has 1 aromatic carbocycles. The Balaban J connectivity index is 1.92. The van der Waals surface area contributed by atoms with E-state index in [1.807, 2.05) is 17.8 Å². The Bertz CT molecular complexity index is 435. The normalized spacial score (nSPS) is 19.6. The lowest BCUT2D eigenvalue weighted by atomic mass is 10.1. The van der Waals surface area contributed by atoms with Crippen LogP contribution in [-0.4, -0.2) is 23.5 Å². The van der Waals surface area contributed by atoms with Crippen molar-refractivity contribution in [3.05, 3.63) is 32.4 Å². The van der Waals surface area contributed by atoms with Crippen molar-refractivity contribution in [2.75, 3.05) is 12.3 Å². The summed E-state index contributed by atoms with van der Waals surface area (Å²) in [5, 5.41) is 4.19. The molecule has 0 aromatic heterocycles. The van der Waals surface area contributed by atoms with Crippen LogP contribution in [0, 0.1) is 3.57 Å². The molecule has 0 bridgehead atoms. The van der Waals surface area contributed by atoms with Crippen molar-refractivity contribution in [2.45, 2.75) is 24.5 Å². The van der Waals surface area contributed by atoms with Gasteiger partial charge in [0, 0.05) is 20.4 Å². The third kappa shape index (κ3) is 4.03. The first-order valence-corrected chi connectivity index (χ1v) is 8.52. The quantitative estimate of drug-likeness (QED) is 0.785. The molecule has 1 aromatic rings. The van der Waals surface area contributed by atoms with Gasteiger partial charge in [0.2, 0.25) is 0 Å². The van der Waals surface area contributed by atoms with Gasteiger partial charge in [0.15, 0.2) is 0 Å². The van der Waals surface area contributed by atoms with Crippen LogP contribution >= 0.6 is 46.0 Å². The fourth-order valence-corrected chi connectivity index (χ4v) is 3.93. The van der Waals surface area contributed by atoms with Gasteiger partial charge in [0.05, 0.1) is 5.56 Å². The molecule has 1 aliphatic heterocycles.